The van der Waals surface area contributed by atoms with Gasteiger partial charge in [-0.15, -0.1) is 0 Å². The van der Waals surface area contributed by atoms with Gasteiger partial charge in [-0.25, -0.2) is 0 Å². The van der Waals surface area contributed by atoms with Crippen LogP contribution in [0.3, 0.4) is 0 Å². The number of nitrogens with one attached hydrogen (secondary N) is 1. The molecule has 0 bridgehead atoms. The van der Waals surface area contributed by atoms with Gasteiger partial charge in [0, 0.05) is 18.3 Å². The summed E-state index contributed by atoms with van der Waals surface area (Å²) in [5, 5.41) is 7.71. The molecule has 0 saturated carbocycles. The minimum atomic E-state index is 0.615. The van der Waals surface area contributed by atoms with E-state index in [4.69, 9.17) is 0 Å². The van der Waals surface area contributed by atoms with E-state index in [9.17, 15) is 0 Å². The lowest BCUT2D eigenvalue weighted by Gasteiger charge is -2.09. The lowest BCUT2D eigenvalue weighted by molar-refractivity contribution is 0.527. The van der Waals surface area contributed by atoms with Crippen LogP contribution in [0.1, 0.15) is 38.1 Å². The smallest absolute Gasteiger partial charge is 0.0596 e. The minimum Gasteiger partial charge on any atom is -0.317 e. The predicted octanol–water partition coefficient (Wildman–Crippen LogP) is 2.14. The lowest BCUT2D eigenvalue weighted by Crippen LogP contribution is -2.21. The Kier molecular flexibility index (Phi) is 4.82. The van der Waals surface area contributed by atoms with Gasteiger partial charge in [0.25, 0.3) is 0 Å². The van der Waals surface area contributed by atoms with E-state index >= 15 is 0 Å². The number of nitrogens with zero attached hydrogens (tertiary/aromatic N) is 2. The maximum atomic E-state index is 4.45. The highest BCUT2D eigenvalue weighted by Gasteiger charge is 2.04. The van der Waals surface area contributed by atoms with Gasteiger partial charge >= 0.3 is 0 Å². The van der Waals surface area contributed by atoms with E-state index in [0.29, 0.717) is 6.04 Å². The van der Waals surface area contributed by atoms with Crippen molar-refractivity contribution in [1.29, 1.82) is 0 Å². The normalized spacial score (nSPS) is 13.1. The molecule has 0 aromatic carbocycles. The number of rotatable bonds is 6. The molecule has 1 rings (SSSR count). The Morgan fingerprint density at radius 1 is 1.53 bits per heavy atom. The molecule has 0 radical (unpaired) electrons. The molecule has 3 nitrogen and oxygen atoms in total. The Bertz CT molecular complexity index is 291. The van der Waals surface area contributed by atoms with Crippen molar-refractivity contribution in [2.45, 2.75) is 52.6 Å². The molecule has 0 aliphatic carbocycles. The fourth-order valence-electron chi connectivity index (χ4n) is 1.81. The first-order chi connectivity index (χ1) is 7.17. The van der Waals surface area contributed by atoms with Gasteiger partial charge in [-0.05, 0) is 53.1 Å². The lowest BCUT2D eigenvalue weighted by atomic mass is 10.1. The molecule has 0 saturated heterocycles. The highest BCUT2D eigenvalue weighted by molar-refractivity contribution is 5.08. The van der Waals surface area contributed by atoms with Crippen LogP contribution < -0.4 is 5.32 Å². The summed E-state index contributed by atoms with van der Waals surface area (Å²) in [6, 6.07) is 2.82. The van der Waals surface area contributed by atoms with E-state index in [1.165, 1.54) is 18.5 Å². The number of aromatic nitrogens is 2. The van der Waals surface area contributed by atoms with Gasteiger partial charge in [0.05, 0.1) is 5.69 Å². The molecule has 1 aromatic heterocycles. The molecule has 1 aromatic rings. The zero-order valence-corrected chi connectivity index (χ0v) is 10.4. The molecule has 0 aliphatic heterocycles. The third-order valence-corrected chi connectivity index (χ3v) is 2.85. The van der Waals surface area contributed by atoms with Crippen molar-refractivity contribution < 1.29 is 0 Å². The fourth-order valence-corrected chi connectivity index (χ4v) is 1.81. The maximum absolute atomic E-state index is 4.45. The van der Waals surface area contributed by atoms with Crippen LogP contribution in [-0.2, 0) is 13.0 Å². The largest absolute Gasteiger partial charge is 0.317 e. The van der Waals surface area contributed by atoms with Crippen molar-refractivity contribution >= 4 is 0 Å². The summed E-state index contributed by atoms with van der Waals surface area (Å²) in [5.41, 5.74) is 2.51. The van der Waals surface area contributed by atoms with E-state index < -0.39 is 0 Å². The Morgan fingerprint density at radius 2 is 2.27 bits per heavy atom. The Labute approximate surface area is 92.9 Å². The van der Waals surface area contributed by atoms with Crippen LogP contribution in [0.4, 0.5) is 0 Å². The molecule has 1 unspecified atom stereocenters. The third-order valence-electron chi connectivity index (χ3n) is 2.85. The summed E-state index contributed by atoms with van der Waals surface area (Å²) in [4.78, 5) is 0. The molecular formula is C12H23N3. The highest BCUT2D eigenvalue weighted by atomic mass is 15.3. The van der Waals surface area contributed by atoms with Gasteiger partial charge in [0.1, 0.15) is 0 Å². The van der Waals surface area contributed by atoms with Crippen molar-refractivity contribution in [2.24, 2.45) is 0 Å². The molecule has 3 heteroatoms. The van der Waals surface area contributed by atoms with Crippen molar-refractivity contribution in [2.75, 3.05) is 7.05 Å². The van der Waals surface area contributed by atoms with Gasteiger partial charge in [0.15, 0.2) is 0 Å². The molecule has 0 aliphatic rings. The predicted molar refractivity (Wildman–Crippen MR) is 64.1 cm³/mol. The van der Waals surface area contributed by atoms with Crippen molar-refractivity contribution in [3.05, 3.63) is 17.5 Å². The SMILES string of the molecule is CCn1nc(C)cc1CCCC(C)NC. The molecular weight excluding hydrogens is 186 g/mol. The zero-order valence-electron chi connectivity index (χ0n) is 10.4. The Morgan fingerprint density at radius 3 is 2.87 bits per heavy atom. The summed E-state index contributed by atoms with van der Waals surface area (Å²) in [5.74, 6) is 0. The van der Waals surface area contributed by atoms with E-state index in [1.54, 1.807) is 0 Å². The molecule has 1 heterocycles. The summed E-state index contributed by atoms with van der Waals surface area (Å²) in [6.07, 6.45) is 3.60. The molecule has 1 N–H and O–H groups in total. The Balaban J connectivity index is 2.42. The molecule has 86 valence electrons. The second-order valence-corrected chi connectivity index (χ2v) is 4.17. The molecule has 0 fully saturated rings. The van der Waals surface area contributed by atoms with Gasteiger partial charge in [-0.3, -0.25) is 4.68 Å². The first-order valence-corrected chi connectivity index (χ1v) is 5.88. The van der Waals surface area contributed by atoms with Gasteiger partial charge in [-0.2, -0.15) is 5.10 Å². The van der Waals surface area contributed by atoms with E-state index in [-0.39, 0.29) is 0 Å². The number of aryl methyl sites for hydroxylation is 3. The molecule has 0 amide bonds. The monoisotopic (exact) mass is 209 g/mol. The van der Waals surface area contributed by atoms with Crippen LogP contribution in [0.2, 0.25) is 0 Å². The fraction of sp³-hybridized carbons (Fsp3) is 0.750. The van der Waals surface area contributed by atoms with Crippen LogP contribution in [0.25, 0.3) is 0 Å². The summed E-state index contributed by atoms with van der Waals surface area (Å²) >= 11 is 0. The van der Waals surface area contributed by atoms with E-state index in [0.717, 1.165) is 18.7 Å². The summed E-state index contributed by atoms with van der Waals surface area (Å²) in [7, 11) is 2.02. The number of hydrogen-bond donors (Lipinski definition) is 1. The van der Waals surface area contributed by atoms with Crippen molar-refractivity contribution in [3.63, 3.8) is 0 Å². The average Bonchev–Trinajstić information content (AvgIpc) is 2.58. The van der Waals surface area contributed by atoms with Crippen molar-refractivity contribution in [3.8, 4) is 0 Å². The Hall–Kier alpha value is -0.830. The average molecular weight is 209 g/mol. The third kappa shape index (κ3) is 3.67. The van der Waals surface area contributed by atoms with Gasteiger partial charge < -0.3 is 5.32 Å². The summed E-state index contributed by atoms with van der Waals surface area (Å²) < 4.78 is 2.11. The van der Waals surface area contributed by atoms with Crippen LogP contribution in [0, 0.1) is 6.92 Å². The zero-order chi connectivity index (χ0) is 11.3. The van der Waals surface area contributed by atoms with E-state index in [2.05, 4.69) is 41.9 Å². The first kappa shape index (κ1) is 12.2. The van der Waals surface area contributed by atoms with Gasteiger partial charge in [-0.1, -0.05) is 0 Å². The standard InChI is InChI=1S/C12H23N3/c1-5-15-12(9-11(3)14-15)8-6-7-10(2)13-4/h9-10,13H,5-8H2,1-4H3. The van der Waals surface area contributed by atoms with Crippen LogP contribution in [0.15, 0.2) is 6.07 Å². The topological polar surface area (TPSA) is 29.9 Å². The minimum absolute atomic E-state index is 0.615. The van der Waals surface area contributed by atoms with Crippen molar-refractivity contribution in [1.82, 2.24) is 15.1 Å². The second-order valence-electron chi connectivity index (χ2n) is 4.17. The quantitative estimate of drug-likeness (QED) is 0.778. The summed E-state index contributed by atoms with van der Waals surface area (Å²) in [6.45, 7) is 7.41. The van der Waals surface area contributed by atoms with Crippen LogP contribution >= 0.6 is 0 Å². The van der Waals surface area contributed by atoms with Crippen LogP contribution in [-0.4, -0.2) is 22.9 Å². The molecule has 0 spiro atoms. The second kappa shape index (κ2) is 5.91. The first-order valence-electron chi connectivity index (χ1n) is 5.88. The number of hydrogen-bond acceptors (Lipinski definition) is 2. The van der Waals surface area contributed by atoms with Crippen LogP contribution in [0.5, 0.6) is 0 Å². The highest BCUT2D eigenvalue weighted by Crippen LogP contribution is 2.09. The van der Waals surface area contributed by atoms with Gasteiger partial charge in [0.2, 0.25) is 0 Å². The van der Waals surface area contributed by atoms with E-state index in [1.807, 2.05) is 7.05 Å². The molecule has 15 heavy (non-hydrogen) atoms. The molecule has 1 atom stereocenters. The maximum Gasteiger partial charge on any atom is 0.0596 e.